The molecule has 0 saturated carbocycles. The molecule has 4 nitrogen and oxygen atoms in total. The first kappa shape index (κ1) is 17.6. The fourth-order valence-corrected chi connectivity index (χ4v) is 3.52. The van der Waals surface area contributed by atoms with E-state index >= 15 is 0 Å². The first-order chi connectivity index (χ1) is 12.1. The summed E-state index contributed by atoms with van der Waals surface area (Å²) in [4.78, 5) is 27.6. The number of carbonyl (C=O) groups excluding carboxylic acids is 2. The number of carbonyl (C=O) groups is 2. The number of hydrogen-bond acceptors (Lipinski definition) is 3. The van der Waals surface area contributed by atoms with Crippen LogP contribution in [0.4, 0.5) is 4.79 Å². The first-order valence-electron chi connectivity index (χ1n) is 7.95. The van der Waals surface area contributed by atoms with Crippen LogP contribution in [0.15, 0.2) is 64.0 Å². The summed E-state index contributed by atoms with van der Waals surface area (Å²) in [5.41, 5.74) is 1.19. The monoisotopic (exact) mass is 372 g/mol. The van der Waals surface area contributed by atoms with Crippen LogP contribution < -0.4 is 5.32 Å². The Labute approximate surface area is 155 Å². The SMILES string of the molecule is CCCN1C(=O)N/C(=C\c2ccccc2Sc2ccc(Cl)cc2)C1=O. The van der Waals surface area contributed by atoms with Gasteiger partial charge >= 0.3 is 6.03 Å². The molecule has 0 radical (unpaired) electrons. The van der Waals surface area contributed by atoms with Gasteiger partial charge in [-0.3, -0.25) is 9.69 Å². The Hall–Kier alpha value is -2.24. The molecular formula is C19H17ClN2O2S. The maximum absolute atomic E-state index is 12.4. The van der Waals surface area contributed by atoms with Crippen molar-refractivity contribution in [2.24, 2.45) is 0 Å². The van der Waals surface area contributed by atoms with Crippen molar-refractivity contribution in [1.82, 2.24) is 10.2 Å². The molecule has 3 rings (SSSR count). The molecule has 1 saturated heterocycles. The highest BCUT2D eigenvalue weighted by Gasteiger charge is 2.32. The summed E-state index contributed by atoms with van der Waals surface area (Å²) in [5, 5.41) is 3.35. The van der Waals surface area contributed by atoms with Gasteiger partial charge in [0.1, 0.15) is 5.70 Å². The number of amides is 3. The highest BCUT2D eigenvalue weighted by molar-refractivity contribution is 7.99. The molecule has 1 heterocycles. The van der Waals surface area contributed by atoms with Crippen LogP contribution in [0.1, 0.15) is 18.9 Å². The number of hydrogen-bond donors (Lipinski definition) is 1. The van der Waals surface area contributed by atoms with Crippen LogP contribution >= 0.6 is 23.4 Å². The second-order valence-electron chi connectivity index (χ2n) is 5.54. The molecule has 1 N–H and O–H groups in total. The molecule has 0 aliphatic carbocycles. The van der Waals surface area contributed by atoms with E-state index in [0.717, 1.165) is 21.8 Å². The lowest BCUT2D eigenvalue weighted by Gasteiger charge is -2.09. The average Bonchev–Trinajstić information content (AvgIpc) is 2.86. The zero-order valence-electron chi connectivity index (χ0n) is 13.7. The van der Waals surface area contributed by atoms with Crippen LogP contribution in [0.5, 0.6) is 0 Å². The number of nitrogens with one attached hydrogen (secondary N) is 1. The Morgan fingerprint density at radius 3 is 2.56 bits per heavy atom. The van der Waals surface area contributed by atoms with E-state index in [1.54, 1.807) is 17.8 Å². The summed E-state index contributed by atoms with van der Waals surface area (Å²) in [7, 11) is 0. The Morgan fingerprint density at radius 1 is 1.12 bits per heavy atom. The highest BCUT2D eigenvalue weighted by Crippen LogP contribution is 2.32. The second-order valence-corrected chi connectivity index (χ2v) is 7.09. The van der Waals surface area contributed by atoms with Gasteiger partial charge in [0.2, 0.25) is 0 Å². The molecule has 2 aromatic rings. The summed E-state index contributed by atoms with van der Waals surface area (Å²) in [5.74, 6) is -0.279. The lowest BCUT2D eigenvalue weighted by molar-refractivity contribution is -0.122. The van der Waals surface area contributed by atoms with Crippen LogP contribution in [-0.4, -0.2) is 23.4 Å². The summed E-state index contributed by atoms with van der Waals surface area (Å²) in [6.07, 6.45) is 2.46. The van der Waals surface area contributed by atoms with Crippen LogP contribution in [0.3, 0.4) is 0 Å². The average molecular weight is 373 g/mol. The molecule has 3 amide bonds. The Balaban J connectivity index is 1.87. The number of rotatable bonds is 5. The Morgan fingerprint density at radius 2 is 1.84 bits per heavy atom. The summed E-state index contributed by atoms with van der Waals surface area (Å²) in [6, 6.07) is 15.0. The van der Waals surface area contributed by atoms with Crippen molar-refractivity contribution in [2.45, 2.75) is 23.1 Å². The molecule has 0 spiro atoms. The van der Waals surface area contributed by atoms with Gasteiger partial charge in [0.15, 0.2) is 0 Å². The number of halogens is 1. The van der Waals surface area contributed by atoms with E-state index in [1.807, 2.05) is 55.5 Å². The minimum atomic E-state index is -0.360. The Kier molecular flexibility index (Phi) is 5.46. The molecular weight excluding hydrogens is 356 g/mol. The molecule has 1 aliphatic rings. The van der Waals surface area contributed by atoms with Crippen molar-refractivity contribution in [1.29, 1.82) is 0 Å². The minimum absolute atomic E-state index is 0.279. The van der Waals surface area contributed by atoms with Crippen molar-refractivity contribution >= 4 is 41.4 Å². The topological polar surface area (TPSA) is 49.4 Å². The van der Waals surface area contributed by atoms with Gasteiger partial charge < -0.3 is 5.32 Å². The minimum Gasteiger partial charge on any atom is -0.303 e. The van der Waals surface area contributed by atoms with Crippen molar-refractivity contribution < 1.29 is 9.59 Å². The van der Waals surface area contributed by atoms with Crippen molar-refractivity contribution in [3.05, 3.63) is 64.8 Å². The van der Waals surface area contributed by atoms with E-state index in [0.29, 0.717) is 17.3 Å². The van der Waals surface area contributed by atoms with Crippen LogP contribution in [0, 0.1) is 0 Å². The maximum Gasteiger partial charge on any atom is 0.329 e. The second kappa shape index (κ2) is 7.76. The highest BCUT2D eigenvalue weighted by atomic mass is 35.5. The number of benzene rings is 2. The zero-order valence-corrected chi connectivity index (χ0v) is 15.2. The molecule has 1 aliphatic heterocycles. The molecule has 0 unspecified atom stereocenters. The third-order valence-electron chi connectivity index (χ3n) is 3.67. The van der Waals surface area contributed by atoms with E-state index in [9.17, 15) is 9.59 Å². The summed E-state index contributed by atoms with van der Waals surface area (Å²) in [6.45, 7) is 2.35. The van der Waals surface area contributed by atoms with Crippen molar-refractivity contribution in [3.63, 3.8) is 0 Å². The van der Waals surface area contributed by atoms with Gasteiger partial charge in [-0.15, -0.1) is 0 Å². The fraction of sp³-hybridized carbons (Fsp3) is 0.158. The zero-order chi connectivity index (χ0) is 17.8. The third-order valence-corrected chi connectivity index (χ3v) is 5.02. The third kappa shape index (κ3) is 4.06. The Bertz CT molecular complexity index is 834. The van der Waals surface area contributed by atoms with E-state index in [1.165, 1.54) is 4.90 Å². The molecule has 1 fully saturated rings. The lowest BCUT2D eigenvalue weighted by atomic mass is 10.2. The summed E-state index contributed by atoms with van der Waals surface area (Å²) < 4.78 is 0. The maximum atomic E-state index is 12.4. The number of imide groups is 1. The van der Waals surface area contributed by atoms with Gasteiger partial charge in [0, 0.05) is 21.4 Å². The fourth-order valence-electron chi connectivity index (χ4n) is 2.48. The van der Waals surface area contributed by atoms with Crippen LogP contribution in [-0.2, 0) is 4.79 Å². The van der Waals surface area contributed by atoms with E-state index < -0.39 is 0 Å². The lowest BCUT2D eigenvalue weighted by Crippen LogP contribution is -2.31. The van der Waals surface area contributed by atoms with E-state index in [2.05, 4.69) is 5.32 Å². The largest absolute Gasteiger partial charge is 0.329 e. The van der Waals surface area contributed by atoms with Gasteiger partial charge in [0.25, 0.3) is 5.91 Å². The number of urea groups is 1. The van der Waals surface area contributed by atoms with E-state index in [4.69, 9.17) is 11.6 Å². The summed E-state index contributed by atoms with van der Waals surface area (Å²) >= 11 is 7.51. The quantitative estimate of drug-likeness (QED) is 0.606. The smallest absolute Gasteiger partial charge is 0.303 e. The molecule has 2 aromatic carbocycles. The van der Waals surface area contributed by atoms with Crippen molar-refractivity contribution in [2.75, 3.05) is 6.54 Å². The van der Waals surface area contributed by atoms with Crippen LogP contribution in [0.2, 0.25) is 5.02 Å². The van der Waals surface area contributed by atoms with Gasteiger partial charge in [-0.25, -0.2) is 4.79 Å². The van der Waals surface area contributed by atoms with Gasteiger partial charge in [-0.2, -0.15) is 0 Å². The predicted molar refractivity (Wildman–Crippen MR) is 101 cm³/mol. The molecule has 128 valence electrons. The molecule has 0 atom stereocenters. The first-order valence-corrected chi connectivity index (χ1v) is 9.15. The van der Waals surface area contributed by atoms with Crippen LogP contribution in [0.25, 0.3) is 6.08 Å². The predicted octanol–water partition coefficient (Wildman–Crippen LogP) is 4.79. The molecule has 6 heteroatoms. The normalized spacial score (nSPS) is 15.8. The van der Waals surface area contributed by atoms with Crippen molar-refractivity contribution in [3.8, 4) is 0 Å². The van der Waals surface area contributed by atoms with Gasteiger partial charge in [0.05, 0.1) is 0 Å². The number of nitrogens with zero attached hydrogens (tertiary/aromatic N) is 1. The standard InChI is InChI=1S/C19H17ClN2O2S/c1-2-11-22-18(23)16(21-19(22)24)12-13-5-3-4-6-17(13)25-15-9-7-14(20)8-10-15/h3-10,12H,2,11H2,1H3,(H,21,24)/b16-12-. The molecule has 0 bridgehead atoms. The van der Waals surface area contributed by atoms with E-state index in [-0.39, 0.29) is 11.9 Å². The van der Waals surface area contributed by atoms with Gasteiger partial charge in [-0.1, -0.05) is 48.5 Å². The molecule has 0 aromatic heterocycles. The van der Waals surface area contributed by atoms with Gasteiger partial charge in [-0.05, 0) is 48.4 Å². The molecule has 25 heavy (non-hydrogen) atoms.